The highest BCUT2D eigenvalue weighted by molar-refractivity contribution is 5.43. The summed E-state index contributed by atoms with van der Waals surface area (Å²) in [5, 5.41) is 10.3. The maximum absolute atomic E-state index is 13.8. The van der Waals surface area contributed by atoms with Gasteiger partial charge >= 0.3 is 6.18 Å². The summed E-state index contributed by atoms with van der Waals surface area (Å²) in [6, 6.07) is 19.0. The monoisotopic (exact) mass is 456 g/mol. The van der Waals surface area contributed by atoms with E-state index >= 15 is 0 Å². The highest BCUT2D eigenvalue weighted by Gasteiger charge is 2.50. The molecule has 0 radical (unpaired) electrons. The van der Waals surface area contributed by atoms with Gasteiger partial charge in [0.1, 0.15) is 0 Å². The van der Waals surface area contributed by atoms with E-state index in [0.29, 0.717) is 18.9 Å². The van der Waals surface area contributed by atoms with Gasteiger partial charge in [-0.1, -0.05) is 55.5 Å². The topological polar surface area (TPSA) is 27.0 Å². The first kappa shape index (κ1) is 25.3. The minimum atomic E-state index is -4.46. The molecule has 0 aromatic heterocycles. The quantitative estimate of drug-likeness (QED) is 0.352. The zero-order valence-electron chi connectivity index (χ0n) is 19.9. The Morgan fingerprint density at radius 1 is 1.00 bits per heavy atom. The Balaban J connectivity index is 1.83. The Hall–Kier alpha value is -2.32. The van der Waals surface area contributed by atoms with Crippen molar-refractivity contribution in [1.82, 2.24) is 4.90 Å². The van der Waals surface area contributed by atoms with Crippen LogP contribution >= 0.6 is 0 Å². The molecule has 1 aliphatic carbocycles. The maximum Gasteiger partial charge on any atom is 0.416 e. The Labute approximate surface area is 196 Å². The number of nitrogens with zero attached hydrogens (tertiary/aromatic N) is 2. The molecule has 2 nitrogen and oxygen atoms in total. The smallest absolute Gasteiger partial charge is 0.298 e. The third-order valence-corrected chi connectivity index (χ3v) is 7.16. The molecule has 0 aliphatic heterocycles. The van der Waals surface area contributed by atoms with Crippen molar-refractivity contribution in [1.29, 1.82) is 5.26 Å². The summed E-state index contributed by atoms with van der Waals surface area (Å²) < 4.78 is 41.5. The molecule has 0 amide bonds. The van der Waals surface area contributed by atoms with Crippen LogP contribution in [0.1, 0.15) is 69.6 Å². The predicted octanol–water partition coefficient (Wildman–Crippen LogP) is 7.39. The standard InChI is InChI=1S/C28H35F3N2/c1-4-24(33(21(2)3)19-17-22-10-6-5-7-11-22)16-18-27(20-32,23-14-15-23)25-12-8-9-13-26(25)28(29,30)31/h5-13,21,23-24H,4,14-19H2,1-3H3. The van der Waals surface area contributed by atoms with E-state index in [1.54, 1.807) is 6.07 Å². The normalized spacial score (nSPS) is 17.1. The number of hydrogen-bond acceptors (Lipinski definition) is 2. The molecule has 0 heterocycles. The van der Waals surface area contributed by atoms with Gasteiger partial charge in [-0.3, -0.25) is 4.90 Å². The minimum absolute atomic E-state index is 0.000301. The van der Waals surface area contributed by atoms with Crippen LogP contribution in [0.3, 0.4) is 0 Å². The number of halogens is 3. The van der Waals surface area contributed by atoms with Gasteiger partial charge in [0.05, 0.1) is 17.0 Å². The lowest BCUT2D eigenvalue weighted by Gasteiger charge is -2.37. The first-order chi connectivity index (χ1) is 15.7. The summed E-state index contributed by atoms with van der Waals surface area (Å²) in [5.74, 6) is 0.000301. The Kier molecular flexibility index (Phi) is 8.23. The SMILES string of the molecule is CCC(CCC(C#N)(c1ccccc1C(F)(F)F)C1CC1)N(CCc1ccccc1)C(C)C. The van der Waals surface area contributed by atoms with Gasteiger partial charge in [-0.05, 0) is 75.5 Å². The number of alkyl halides is 3. The van der Waals surface area contributed by atoms with Gasteiger partial charge in [-0.25, -0.2) is 0 Å². The van der Waals surface area contributed by atoms with Crippen molar-refractivity contribution in [2.75, 3.05) is 6.54 Å². The molecular weight excluding hydrogens is 421 g/mol. The fourth-order valence-electron chi connectivity index (χ4n) is 5.23. The minimum Gasteiger partial charge on any atom is -0.298 e. The van der Waals surface area contributed by atoms with E-state index in [0.717, 1.165) is 38.3 Å². The van der Waals surface area contributed by atoms with Crippen LogP contribution in [0.15, 0.2) is 54.6 Å². The van der Waals surface area contributed by atoms with Crippen molar-refractivity contribution in [3.05, 3.63) is 71.3 Å². The van der Waals surface area contributed by atoms with Gasteiger partial charge in [-0.15, -0.1) is 0 Å². The number of rotatable bonds is 11. The molecule has 1 saturated carbocycles. The summed E-state index contributed by atoms with van der Waals surface area (Å²) in [5.41, 5.74) is -0.294. The van der Waals surface area contributed by atoms with Gasteiger partial charge in [0, 0.05) is 18.6 Å². The van der Waals surface area contributed by atoms with Crippen LogP contribution < -0.4 is 0 Å². The van der Waals surface area contributed by atoms with Crippen molar-refractivity contribution in [3.8, 4) is 6.07 Å². The highest BCUT2D eigenvalue weighted by atomic mass is 19.4. The summed E-state index contributed by atoms with van der Waals surface area (Å²) in [6.45, 7) is 7.37. The Morgan fingerprint density at radius 3 is 2.12 bits per heavy atom. The highest BCUT2D eigenvalue weighted by Crippen LogP contribution is 2.52. The van der Waals surface area contributed by atoms with E-state index in [4.69, 9.17) is 0 Å². The van der Waals surface area contributed by atoms with Gasteiger partial charge in [0.25, 0.3) is 0 Å². The summed E-state index contributed by atoms with van der Waals surface area (Å²) >= 11 is 0. The molecule has 1 fully saturated rings. The van der Waals surface area contributed by atoms with Crippen LogP contribution in [0.5, 0.6) is 0 Å². The molecular formula is C28H35F3N2. The molecule has 2 aromatic rings. The average Bonchev–Trinajstić information content (AvgIpc) is 3.64. The third-order valence-electron chi connectivity index (χ3n) is 7.16. The van der Waals surface area contributed by atoms with Gasteiger partial charge in [0.2, 0.25) is 0 Å². The van der Waals surface area contributed by atoms with Crippen molar-refractivity contribution < 1.29 is 13.2 Å². The fourth-order valence-corrected chi connectivity index (χ4v) is 5.23. The van der Waals surface area contributed by atoms with E-state index in [9.17, 15) is 18.4 Å². The van der Waals surface area contributed by atoms with Gasteiger partial charge < -0.3 is 0 Å². The second kappa shape index (κ2) is 10.7. The van der Waals surface area contributed by atoms with Crippen LogP contribution in [0, 0.1) is 17.2 Å². The van der Waals surface area contributed by atoms with Crippen LogP contribution in [-0.2, 0) is 18.0 Å². The van der Waals surface area contributed by atoms with E-state index in [2.05, 4.69) is 43.9 Å². The lowest BCUT2D eigenvalue weighted by Crippen LogP contribution is -2.43. The molecule has 2 aromatic carbocycles. The molecule has 178 valence electrons. The van der Waals surface area contributed by atoms with Crippen LogP contribution in [0.25, 0.3) is 0 Å². The molecule has 1 aliphatic rings. The lowest BCUT2D eigenvalue weighted by molar-refractivity contribution is -0.138. The number of benzene rings is 2. The third kappa shape index (κ3) is 5.98. The number of hydrogen-bond donors (Lipinski definition) is 0. The molecule has 0 bridgehead atoms. The van der Waals surface area contributed by atoms with Crippen LogP contribution in [0.2, 0.25) is 0 Å². The van der Waals surface area contributed by atoms with Gasteiger partial charge in [-0.2, -0.15) is 18.4 Å². The van der Waals surface area contributed by atoms with E-state index in [-0.39, 0.29) is 17.5 Å². The number of nitriles is 1. The van der Waals surface area contributed by atoms with Crippen molar-refractivity contribution in [2.24, 2.45) is 5.92 Å². The van der Waals surface area contributed by atoms with Crippen LogP contribution in [-0.4, -0.2) is 23.5 Å². The molecule has 5 heteroatoms. The molecule has 0 N–H and O–H groups in total. The molecule has 33 heavy (non-hydrogen) atoms. The van der Waals surface area contributed by atoms with E-state index in [1.165, 1.54) is 17.7 Å². The molecule has 2 unspecified atom stereocenters. The zero-order valence-corrected chi connectivity index (χ0v) is 19.9. The second-order valence-corrected chi connectivity index (χ2v) is 9.57. The first-order valence-corrected chi connectivity index (χ1v) is 12.1. The van der Waals surface area contributed by atoms with Crippen molar-refractivity contribution in [3.63, 3.8) is 0 Å². The van der Waals surface area contributed by atoms with Gasteiger partial charge in [0.15, 0.2) is 0 Å². The first-order valence-electron chi connectivity index (χ1n) is 12.1. The second-order valence-electron chi connectivity index (χ2n) is 9.57. The zero-order chi connectivity index (χ0) is 24.1. The molecule has 0 spiro atoms. The summed E-state index contributed by atoms with van der Waals surface area (Å²) in [6.07, 6.45) is 0.167. The van der Waals surface area contributed by atoms with Crippen molar-refractivity contribution >= 4 is 0 Å². The summed E-state index contributed by atoms with van der Waals surface area (Å²) in [7, 11) is 0. The Morgan fingerprint density at radius 2 is 1.61 bits per heavy atom. The maximum atomic E-state index is 13.8. The fraction of sp³-hybridized carbons (Fsp3) is 0.536. The predicted molar refractivity (Wildman–Crippen MR) is 127 cm³/mol. The molecule has 3 rings (SSSR count). The summed E-state index contributed by atoms with van der Waals surface area (Å²) in [4.78, 5) is 2.46. The average molecular weight is 457 g/mol. The van der Waals surface area contributed by atoms with E-state index < -0.39 is 17.2 Å². The van der Waals surface area contributed by atoms with Crippen LogP contribution in [0.4, 0.5) is 13.2 Å². The van der Waals surface area contributed by atoms with E-state index in [1.807, 2.05) is 18.2 Å². The van der Waals surface area contributed by atoms with Crippen molar-refractivity contribution in [2.45, 2.75) is 83.0 Å². The molecule has 2 atom stereocenters. The Bertz CT molecular complexity index is 928. The molecule has 0 saturated heterocycles. The largest absolute Gasteiger partial charge is 0.416 e. The lowest BCUT2D eigenvalue weighted by atomic mass is 9.71.